The molecular weight excluding hydrogens is 382 g/mol. The van der Waals surface area contributed by atoms with Gasteiger partial charge >= 0.3 is 0 Å². The van der Waals surface area contributed by atoms with Gasteiger partial charge in [-0.05, 0) is 30.4 Å². The van der Waals surface area contributed by atoms with Crippen LogP contribution in [0.3, 0.4) is 0 Å². The van der Waals surface area contributed by atoms with Gasteiger partial charge in [0.15, 0.2) is 5.78 Å². The summed E-state index contributed by atoms with van der Waals surface area (Å²) in [5, 5.41) is 3.50. The maximum absolute atomic E-state index is 13.6. The third kappa shape index (κ3) is 3.51. The van der Waals surface area contributed by atoms with Crippen LogP contribution in [0.1, 0.15) is 43.2 Å². The van der Waals surface area contributed by atoms with E-state index in [-0.39, 0.29) is 29.1 Å². The Balaban J connectivity index is 1.59. The van der Waals surface area contributed by atoms with Crippen LogP contribution in [-0.4, -0.2) is 24.2 Å². The molecule has 0 aromatic heterocycles. The lowest BCUT2D eigenvalue weighted by molar-refractivity contribution is -0.128. The number of hydrogen-bond donors (Lipinski definition) is 1. The molecule has 0 bridgehead atoms. The maximum Gasteiger partial charge on any atom is 0.154 e. The minimum absolute atomic E-state index is 0.0641. The van der Waals surface area contributed by atoms with Gasteiger partial charge in [-0.3, -0.25) is 9.59 Å². The highest BCUT2D eigenvalue weighted by Gasteiger charge is 2.57. The molecule has 158 valence electrons. The molecule has 1 heterocycles. The molecule has 2 aromatic carbocycles. The van der Waals surface area contributed by atoms with E-state index in [1.54, 1.807) is 0 Å². The molecular formula is C28H29NO2. The van der Waals surface area contributed by atoms with Crippen LogP contribution in [-0.2, 0) is 15.0 Å². The Kier molecular flexibility index (Phi) is 5.45. The van der Waals surface area contributed by atoms with E-state index in [0.29, 0.717) is 25.2 Å². The Bertz CT molecular complexity index is 982. The summed E-state index contributed by atoms with van der Waals surface area (Å²) in [4.78, 5) is 26.6. The minimum Gasteiger partial charge on any atom is -0.306 e. The smallest absolute Gasteiger partial charge is 0.154 e. The molecule has 3 unspecified atom stereocenters. The molecule has 3 nitrogen and oxygen atoms in total. The molecule has 1 saturated heterocycles. The van der Waals surface area contributed by atoms with Gasteiger partial charge in [0.2, 0.25) is 0 Å². The average molecular weight is 412 g/mol. The van der Waals surface area contributed by atoms with Crippen LogP contribution >= 0.6 is 0 Å². The summed E-state index contributed by atoms with van der Waals surface area (Å²) >= 11 is 0. The van der Waals surface area contributed by atoms with E-state index in [2.05, 4.69) is 72.1 Å². The Morgan fingerprint density at radius 2 is 1.65 bits per heavy atom. The summed E-state index contributed by atoms with van der Waals surface area (Å²) < 4.78 is 0. The normalized spacial score (nSPS) is 26.9. The number of ketones is 2. The first kappa shape index (κ1) is 20.1. The number of fused-ring (bicyclic) bond motifs is 1. The summed E-state index contributed by atoms with van der Waals surface area (Å²) in [6, 6.07) is 20.8. The van der Waals surface area contributed by atoms with Gasteiger partial charge in [0.05, 0.1) is 6.04 Å². The highest BCUT2D eigenvalue weighted by atomic mass is 16.1. The van der Waals surface area contributed by atoms with Crippen molar-refractivity contribution in [3.8, 4) is 0 Å². The third-order valence-electron chi connectivity index (χ3n) is 7.51. The number of Topliss-reactive ketones (excluding diaryl/α,β-unsaturated/α-hetero) is 2. The summed E-state index contributed by atoms with van der Waals surface area (Å²) in [5.74, 6) is 0.337. The minimum atomic E-state index is -0.341. The van der Waals surface area contributed by atoms with E-state index in [9.17, 15) is 9.59 Å². The molecule has 1 aliphatic heterocycles. The van der Waals surface area contributed by atoms with Gasteiger partial charge in [-0.15, -0.1) is 0 Å². The fourth-order valence-corrected chi connectivity index (χ4v) is 6.11. The molecule has 0 amide bonds. The molecule has 1 N–H and O–H groups in total. The maximum atomic E-state index is 13.6. The summed E-state index contributed by atoms with van der Waals surface area (Å²) in [7, 11) is 0. The van der Waals surface area contributed by atoms with E-state index in [0.717, 1.165) is 19.3 Å². The number of nitrogens with one attached hydrogen (secondary N) is 1. The van der Waals surface area contributed by atoms with E-state index in [1.807, 2.05) is 12.1 Å². The summed E-state index contributed by atoms with van der Waals surface area (Å²) in [6.07, 6.45) is 10.0. The van der Waals surface area contributed by atoms with E-state index >= 15 is 0 Å². The topological polar surface area (TPSA) is 46.2 Å². The second-order valence-electron chi connectivity index (χ2n) is 9.10. The van der Waals surface area contributed by atoms with Gasteiger partial charge in [0.1, 0.15) is 5.78 Å². The van der Waals surface area contributed by atoms with E-state index in [1.165, 1.54) is 16.7 Å². The summed E-state index contributed by atoms with van der Waals surface area (Å²) in [5.41, 5.74) is 3.28. The van der Waals surface area contributed by atoms with Crippen LogP contribution in [0.15, 0.2) is 84.5 Å². The molecule has 1 saturated carbocycles. The molecule has 2 fully saturated rings. The highest BCUT2D eigenvalue weighted by Crippen LogP contribution is 2.53. The van der Waals surface area contributed by atoms with Crippen LogP contribution in [0.2, 0.25) is 0 Å². The Morgan fingerprint density at radius 1 is 0.968 bits per heavy atom. The number of allylic oxidation sites excluding steroid dienone is 4. The quantitative estimate of drug-likeness (QED) is 0.721. The Morgan fingerprint density at radius 3 is 2.26 bits per heavy atom. The van der Waals surface area contributed by atoms with Crippen LogP contribution in [0, 0.1) is 11.8 Å². The lowest BCUT2D eigenvalue weighted by atomic mass is 9.54. The predicted molar refractivity (Wildman–Crippen MR) is 123 cm³/mol. The molecule has 5 rings (SSSR count). The Labute approximate surface area is 184 Å². The molecule has 3 heteroatoms. The molecule has 2 aliphatic carbocycles. The second kappa shape index (κ2) is 8.39. The standard InChI is InChI=1S/C28H29NO2/c30-24-16-17-28(21-12-6-2-7-13-21,22-14-8-3-9-15-22)26-23(24)19-29-27(26)25(31)18-20-10-4-1-5-11-20/h1-4,6-9,11-15,23,26-27,29H,5,10,16-19H2. The second-order valence-corrected chi connectivity index (χ2v) is 9.10. The van der Waals surface area contributed by atoms with E-state index in [4.69, 9.17) is 0 Å². The lowest BCUT2D eigenvalue weighted by Crippen LogP contribution is -2.52. The fraction of sp³-hybridized carbons (Fsp3) is 0.357. The zero-order valence-corrected chi connectivity index (χ0v) is 17.8. The molecule has 2 aromatic rings. The van der Waals surface area contributed by atoms with Gasteiger partial charge < -0.3 is 5.32 Å². The van der Waals surface area contributed by atoms with Crippen molar-refractivity contribution in [2.24, 2.45) is 11.8 Å². The largest absolute Gasteiger partial charge is 0.306 e. The monoisotopic (exact) mass is 411 g/mol. The first-order valence-corrected chi connectivity index (χ1v) is 11.4. The number of benzene rings is 2. The molecule has 0 radical (unpaired) electrons. The van der Waals surface area contributed by atoms with Crippen molar-refractivity contribution in [2.75, 3.05) is 6.54 Å². The number of rotatable bonds is 5. The van der Waals surface area contributed by atoms with Crippen LogP contribution in [0.4, 0.5) is 0 Å². The number of carbonyl (C=O) groups excluding carboxylic acids is 2. The van der Waals surface area contributed by atoms with Crippen molar-refractivity contribution in [1.29, 1.82) is 0 Å². The zero-order valence-electron chi connectivity index (χ0n) is 17.8. The van der Waals surface area contributed by atoms with Crippen molar-refractivity contribution < 1.29 is 9.59 Å². The lowest BCUT2D eigenvalue weighted by Gasteiger charge is -2.47. The SMILES string of the molecule is O=C1CCC(c2ccccc2)(c2ccccc2)C2C1CNC2C(=O)CC1=CCC=CC1. The van der Waals surface area contributed by atoms with Gasteiger partial charge in [0.25, 0.3) is 0 Å². The summed E-state index contributed by atoms with van der Waals surface area (Å²) in [6.45, 7) is 0.597. The number of carbonyl (C=O) groups is 2. The van der Waals surface area contributed by atoms with Crippen molar-refractivity contribution in [3.05, 3.63) is 95.6 Å². The van der Waals surface area contributed by atoms with Gasteiger partial charge in [-0.2, -0.15) is 0 Å². The van der Waals surface area contributed by atoms with Crippen molar-refractivity contribution in [2.45, 2.75) is 43.6 Å². The predicted octanol–water partition coefficient (Wildman–Crippen LogP) is 4.78. The molecule has 31 heavy (non-hydrogen) atoms. The molecule has 3 atom stereocenters. The number of hydrogen-bond acceptors (Lipinski definition) is 3. The first-order chi connectivity index (χ1) is 15.2. The van der Waals surface area contributed by atoms with Crippen LogP contribution in [0.5, 0.6) is 0 Å². The van der Waals surface area contributed by atoms with Crippen molar-refractivity contribution in [1.82, 2.24) is 5.32 Å². The van der Waals surface area contributed by atoms with Gasteiger partial charge in [-0.1, -0.05) is 84.5 Å². The zero-order chi connectivity index (χ0) is 21.3. The van der Waals surface area contributed by atoms with E-state index < -0.39 is 0 Å². The van der Waals surface area contributed by atoms with Gasteiger partial charge in [0, 0.05) is 36.6 Å². The fourth-order valence-electron chi connectivity index (χ4n) is 6.11. The van der Waals surface area contributed by atoms with Crippen LogP contribution in [0.25, 0.3) is 0 Å². The average Bonchev–Trinajstić information content (AvgIpc) is 3.28. The third-order valence-corrected chi connectivity index (χ3v) is 7.51. The Hall–Kier alpha value is -2.78. The van der Waals surface area contributed by atoms with Crippen molar-refractivity contribution in [3.63, 3.8) is 0 Å². The van der Waals surface area contributed by atoms with Crippen LogP contribution < -0.4 is 5.32 Å². The van der Waals surface area contributed by atoms with Gasteiger partial charge in [-0.25, -0.2) is 0 Å². The van der Waals surface area contributed by atoms with Crippen molar-refractivity contribution >= 4 is 11.6 Å². The molecule has 0 spiro atoms. The first-order valence-electron chi connectivity index (χ1n) is 11.4. The highest BCUT2D eigenvalue weighted by molar-refractivity contribution is 5.91. The molecule has 3 aliphatic rings.